The molecule has 0 aliphatic rings. The third-order valence-corrected chi connectivity index (χ3v) is 5.30. The van der Waals surface area contributed by atoms with Crippen molar-refractivity contribution in [3.63, 3.8) is 0 Å². The van der Waals surface area contributed by atoms with Crippen LogP contribution in [0.25, 0.3) is 11.3 Å². The van der Waals surface area contributed by atoms with Gasteiger partial charge in [-0.1, -0.05) is 24.3 Å². The molecule has 0 unspecified atom stereocenters. The number of benzene rings is 2. The molecule has 0 saturated carbocycles. The van der Waals surface area contributed by atoms with E-state index < -0.39 is 23.5 Å². The number of nitrogen functional groups attached to an aromatic ring is 1. The SMILES string of the molecule is Nc1ncc(-c2ccc(CNc3ncc(C(F)(F)F)cc3C(=O)Nc3ccc(F)cc3)cc2)nc1CO. The first-order chi connectivity index (χ1) is 17.6. The number of anilines is 3. The van der Waals surface area contributed by atoms with Crippen LogP contribution in [0.4, 0.5) is 34.9 Å². The highest BCUT2D eigenvalue weighted by molar-refractivity contribution is 6.07. The van der Waals surface area contributed by atoms with Gasteiger partial charge >= 0.3 is 6.18 Å². The quantitative estimate of drug-likeness (QED) is 0.266. The molecule has 37 heavy (non-hydrogen) atoms. The lowest BCUT2D eigenvalue weighted by molar-refractivity contribution is -0.137. The largest absolute Gasteiger partial charge is 0.417 e. The molecule has 4 rings (SSSR count). The molecule has 0 radical (unpaired) electrons. The van der Waals surface area contributed by atoms with E-state index in [1.54, 1.807) is 24.3 Å². The van der Waals surface area contributed by atoms with Crippen LogP contribution >= 0.6 is 0 Å². The Morgan fingerprint density at radius 2 is 1.70 bits per heavy atom. The normalized spacial score (nSPS) is 11.3. The summed E-state index contributed by atoms with van der Waals surface area (Å²) < 4.78 is 53.0. The lowest BCUT2D eigenvalue weighted by atomic mass is 10.1. The molecule has 0 saturated heterocycles. The van der Waals surface area contributed by atoms with Gasteiger partial charge in [0, 0.05) is 24.0 Å². The highest BCUT2D eigenvalue weighted by Gasteiger charge is 2.32. The molecule has 2 heterocycles. The fourth-order valence-electron chi connectivity index (χ4n) is 3.34. The summed E-state index contributed by atoms with van der Waals surface area (Å²) in [4.78, 5) is 24.9. The van der Waals surface area contributed by atoms with Gasteiger partial charge in [-0.25, -0.2) is 19.3 Å². The molecule has 190 valence electrons. The van der Waals surface area contributed by atoms with Crippen molar-refractivity contribution in [2.45, 2.75) is 19.3 Å². The van der Waals surface area contributed by atoms with Gasteiger partial charge in [0.1, 0.15) is 23.1 Å². The summed E-state index contributed by atoms with van der Waals surface area (Å²) >= 11 is 0. The lowest BCUT2D eigenvalue weighted by Crippen LogP contribution is -2.18. The van der Waals surface area contributed by atoms with Crippen molar-refractivity contribution < 1.29 is 27.5 Å². The Balaban J connectivity index is 1.53. The van der Waals surface area contributed by atoms with Crippen molar-refractivity contribution in [1.29, 1.82) is 0 Å². The predicted octanol–water partition coefficient (Wildman–Crippen LogP) is 4.64. The highest BCUT2D eigenvalue weighted by atomic mass is 19.4. The van der Waals surface area contributed by atoms with Gasteiger partial charge in [0.2, 0.25) is 0 Å². The van der Waals surface area contributed by atoms with Crippen molar-refractivity contribution in [3.8, 4) is 11.3 Å². The first-order valence-electron chi connectivity index (χ1n) is 10.8. The second kappa shape index (κ2) is 10.6. The van der Waals surface area contributed by atoms with Gasteiger partial charge in [-0.3, -0.25) is 4.79 Å². The van der Waals surface area contributed by atoms with E-state index in [1.165, 1.54) is 18.3 Å². The number of carbonyl (C=O) groups is 1. The van der Waals surface area contributed by atoms with E-state index in [2.05, 4.69) is 25.6 Å². The molecule has 0 spiro atoms. The molecule has 0 aliphatic heterocycles. The summed E-state index contributed by atoms with van der Waals surface area (Å²) in [5, 5.41) is 14.7. The van der Waals surface area contributed by atoms with E-state index in [1.807, 2.05) is 0 Å². The van der Waals surface area contributed by atoms with Gasteiger partial charge in [0.05, 0.1) is 29.6 Å². The average Bonchev–Trinajstić information content (AvgIpc) is 2.88. The van der Waals surface area contributed by atoms with E-state index >= 15 is 0 Å². The zero-order valence-electron chi connectivity index (χ0n) is 19.1. The molecular weight excluding hydrogens is 492 g/mol. The monoisotopic (exact) mass is 512 g/mol. The molecule has 4 aromatic rings. The van der Waals surface area contributed by atoms with Crippen LogP contribution in [0, 0.1) is 5.82 Å². The number of aliphatic hydroxyl groups excluding tert-OH is 1. The second-order valence-corrected chi connectivity index (χ2v) is 7.87. The van der Waals surface area contributed by atoms with Crippen LogP contribution < -0.4 is 16.4 Å². The minimum Gasteiger partial charge on any atom is -0.390 e. The van der Waals surface area contributed by atoms with Crippen molar-refractivity contribution >= 4 is 23.2 Å². The van der Waals surface area contributed by atoms with Crippen LogP contribution in [0.1, 0.15) is 27.2 Å². The highest BCUT2D eigenvalue weighted by Crippen LogP contribution is 2.31. The number of halogens is 4. The van der Waals surface area contributed by atoms with Gasteiger partial charge in [-0.15, -0.1) is 0 Å². The molecule has 0 bridgehead atoms. The van der Waals surface area contributed by atoms with Gasteiger partial charge < -0.3 is 21.5 Å². The molecule has 8 nitrogen and oxygen atoms in total. The third kappa shape index (κ3) is 6.16. The molecule has 2 aromatic carbocycles. The molecule has 2 aromatic heterocycles. The van der Waals surface area contributed by atoms with Gasteiger partial charge in [-0.05, 0) is 35.9 Å². The van der Waals surface area contributed by atoms with Gasteiger partial charge in [0.15, 0.2) is 0 Å². The Hall–Kier alpha value is -4.58. The Morgan fingerprint density at radius 3 is 2.35 bits per heavy atom. The third-order valence-electron chi connectivity index (χ3n) is 5.30. The molecule has 0 aliphatic carbocycles. The van der Waals surface area contributed by atoms with Crippen LogP contribution in [0.2, 0.25) is 0 Å². The number of nitrogens with zero attached hydrogens (tertiary/aromatic N) is 3. The first kappa shape index (κ1) is 25.5. The van der Waals surface area contributed by atoms with Crippen molar-refractivity contribution in [2.75, 3.05) is 16.4 Å². The van der Waals surface area contributed by atoms with Crippen LogP contribution in [-0.2, 0) is 19.3 Å². The van der Waals surface area contributed by atoms with Crippen LogP contribution in [0.15, 0.2) is 67.0 Å². The fraction of sp³-hybridized carbons (Fsp3) is 0.120. The summed E-state index contributed by atoms with van der Waals surface area (Å²) in [5.41, 5.74) is 6.65. The molecule has 5 N–H and O–H groups in total. The van der Waals surface area contributed by atoms with E-state index in [0.29, 0.717) is 23.5 Å². The van der Waals surface area contributed by atoms with E-state index in [-0.39, 0.29) is 41.7 Å². The van der Waals surface area contributed by atoms with E-state index in [9.17, 15) is 27.5 Å². The maximum absolute atomic E-state index is 13.3. The zero-order chi connectivity index (χ0) is 26.6. The standard InChI is InChI=1S/C25H20F4N6O2/c26-17-5-7-18(8-6-17)34-24(37)19-9-16(25(27,28)29)11-33-23(19)32-10-14-1-3-15(4-2-14)20-12-31-22(30)21(13-36)35-20/h1-9,11-12,36H,10,13H2,(H2,30,31)(H,32,33)(H,34,37). The van der Waals surface area contributed by atoms with Crippen molar-refractivity contribution in [1.82, 2.24) is 15.0 Å². The average molecular weight is 512 g/mol. The Labute approximate surface area is 208 Å². The van der Waals surface area contributed by atoms with Crippen LogP contribution in [-0.4, -0.2) is 26.0 Å². The summed E-state index contributed by atoms with van der Waals surface area (Å²) in [6.45, 7) is -0.212. The summed E-state index contributed by atoms with van der Waals surface area (Å²) in [5.74, 6) is -1.29. The number of hydrogen-bond donors (Lipinski definition) is 4. The molecule has 12 heteroatoms. The Bertz CT molecular complexity index is 1410. The number of hydrogen-bond acceptors (Lipinski definition) is 7. The molecule has 1 amide bonds. The van der Waals surface area contributed by atoms with Crippen LogP contribution in [0.3, 0.4) is 0 Å². The minimum atomic E-state index is -4.70. The minimum absolute atomic E-state index is 0.0614. The zero-order valence-corrected chi connectivity index (χ0v) is 19.1. The lowest BCUT2D eigenvalue weighted by Gasteiger charge is -2.14. The molecule has 0 fully saturated rings. The number of nitrogens with one attached hydrogen (secondary N) is 2. The number of aliphatic hydroxyl groups is 1. The summed E-state index contributed by atoms with van der Waals surface area (Å²) in [6, 6.07) is 12.5. The summed E-state index contributed by atoms with van der Waals surface area (Å²) in [7, 11) is 0. The number of amides is 1. The fourth-order valence-corrected chi connectivity index (χ4v) is 3.34. The summed E-state index contributed by atoms with van der Waals surface area (Å²) in [6.07, 6.45) is -2.59. The predicted molar refractivity (Wildman–Crippen MR) is 129 cm³/mol. The number of aromatic nitrogens is 3. The van der Waals surface area contributed by atoms with Gasteiger partial charge in [-0.2, -0.15) is 13.2 Å². The Kier molecular flexibility index (Phi) is 7.30. The topological polar surface area (TPSA) is 126 Å². The van der Waals surface area contributed by atoms with Gasteiger partial charge in [0.25, 0.3) is 5.91 Å². The second-order valence-electron chi connectivity index (χ2n) is 7.87. The smallest absolute Gasteiger partial charge is 0.390 e. The number of rotatable bonds is 7. The first-order valence-corrected chi connectivity index (χ1v) is 10.8. The van der Waals surface area contributed by atoms with Crippen LogP contribution in [0.5, 0.6) is 0 Å². The van der Waals surface area contributed by atoms with Crippen molar-refractivity contribution in [3.05, 3.63) is 95.2 Å². The van der Waals surface area contributed by atoms with E-state index in [0.717, 1.165) is 17.7 Å². The maximum Gasteiger partial charge on any atom is 0.417 e. The Morgan fingerprint density at radius 1 is 1.00 bits per heavy atom. The molecular formula is C25H20F4N6O2. The maximum atomic E-state index is 13.3. The number of nitrogens with two attached hydrogens (primary N) is 1. The van der Waals surface area contributed by atoms with E-state index in [4.69, 9.17) is 5.73 Å². The van der Waals surface area contributed by atoms with Crippen molar-refractivity contribution in [2.24, 2.45) is 0 Å². The number of pyridine rings is 1. The number of alkyl halides is 3. The molecule has 0 atom stereocenters. The number of carbonyl (C=O) groups excluding carboxylic acids is 1.